The minimum atomic E-state index is -0.488. The van der Waals surface area contributed by atoms with Gasteiger partial charge >= 0.3 is 0 Å². The largest absolute Gasteiger partial charge is 0.297 e. The van der Waals surface area contributed by atoms with Crippen molar-refractivity contribution in [3.05, 3.63) is 71.0 Å². The lowest BCUT2D eigenvalue weighted by Crippen LogP contribution is -2.37. The SMILES string of the molecule is N#CCN(C(=O)Cn1cnc2cc(F)ccc2c1=O)c1ccccc1. The van der Waals surface area contributed by atoms with Crippen LogP contribution in [0.25, 0.3) is 10.9 Å². The zero-order chi connectivity index (χ0) is 17.8. The molecule has 2 aromatic carbocycles. The van der Waals surface area contributed by atoms with Crippen LogP contribution in [0.1, 0.15) is 0 Å². The second-order valence-electron chi connectivity index (χ2n) is 5.31. The second-order valence-corrected chi connectivity index (χ2v) is 5.31. The van der Waals surface area contributed by atoms with Crippen molar-refractivity contribution in [3.63, 3.8) is 0 Å². The number of anilines is 1. The van der Waals surface area contributed by atoms with Crippen LogP contribution < -0.4 is 10.5 Å². The van der Waals surface area contributed by atoms with Crippen LogP contribution in [0.5, 0.6) is 0 Å². The molecule has 0 aliphatic rings. The van der Waals surface area contributed by atoms with E-state index in [9.17, 15) is 14.0 Å². The molecule has 6 nitrogen and oxygen atoms in total. The van der Waals surface area contributed by atoms with Crippen molar-refractivity contribution < 1.29 is 9.18 Å². The Balaban J connectivity index is 1.93. The van der Waals surface area contributed by atoms with Crippen LogP contribution in [0.3, 0.4) is 0 Å². The molecule has 1 amide bonds. The summed E-state index contributed by atoms with van der Waals surface area (Å²) in [6, 6.07) is 14.3. The number of para-hydroxylation sites is 1. The first-order valence-corrected chi connectivity index (χ1v) is 7.47. The summed E-state index contributed by atoms with van der Waals surface area (Å²) in [5, 5.41) is 9.20. The Hall–Kier alpha value is -3.53. The third kappa shape index (κ3) is 3.38. The Bertz CT molecular complexity index is 1020. The number of carbonyl (C=O) groups excluding carboxylic acids is 1. The number of amides is 1. The van der Waals surface area contributed by atoms with Crippen LogP contribution in [0.4, 0.5) is 10.1 Å². The number of nitriles is 1. The fraction of sp³-hybridized carbons (Fsp3) is 0.111. The molecule has 1 aromatic heterocycles. The molecule has 0 fully saturated rings. The number of hydrogen-bond donors (Lipinski definition) is 0. The van der Waals surface area contributed by atoms with Gasteiger partial charge in [-0.2, -0.15) is 5.26 Å². The van der Waals surface area contributed by atoms with E-state index in [4.69, 9.17) is 5.26 Å². The number of halogens is 1. The zero-order valence-electron chi connectivity index (χ0n) is 13.1. The molecule has 0 unspecified atom stereocenters. The molecule has 124 valence electrons. The van der Waals surface area contributed by atoms with E-state index in [1.54, 1.807) is 30.3 Å². The minimum Gasteiger partial charge on any atom is -0.297 e. The summed E-state index contributed by atoms with van der Waals surface area (Å²) in [5.41, 5.74) is 0.354. The lowest BCUT2D eigenvalue weighted by atomic mass is 10.2. The van der Waals surface area contributed by atoms with Gasteiger partial charge in [-0.05, 0) is 24.3 Å². The van der Waals surface area contributed by atoms with Gasteiger partial charge in [0.1, 0.15) is 18.9 Å². The van der Waals surface area contributed by atoms with Crippen LogP contribution in [-0.2, 0) is 11.3 Å². The highest BCUT2D eigenvalue weighted by Crippen LogP contribution is 2.14. The Morgan fingerprint density at radius 2 is 2.00 bits per heavy atom. The van der Waals surface area contributed by atoms with Crippen molar-refractivity contribution in [2.45, 2.75) is 6.54 Å². The van der Waals surface area contributed by atoms with E-state index in [2.05, 4.69) is 4.98 Å². The third-order valence-corrected chi connectivity index (χ3v) is 3.69. The minimum absolute atomic E-state index is 0.135. The molecule has 7 heteroatoms. The summed E-state index contributed by atoms with van der Waals surface area (Å²) in [5.74, 6) is -0.907. The van der Waals surface area contributed by atoms with Gasteiger partial charge in [-0.3, -0.25) is 19.1 Å². The van der Waals surface area contributed by atoms with E-state index < -0.39 is 17.3 Å². The summed E-state index contributed by atoms with van der Waals surface area (Å²) in [6.07, 6.45) is 1.21. The molecule has 0 radical (unpaired) electrons. The van der Waals surface area contributed by atoms with E-state index in [-0.39, 0.29) is 24.0 Å². The maximum Gasteiger partial charge on any atom is 0.261 e. The van der Waals surface area contributed by atoms with Crippen LogP contribution in [0, 0.1) is 17.1 Å². The monoisotopic (exact) mass is 336 g/mol. The van der Waals surface area contributed by atoms with E-state index in [1.165, 1.54) is 23.4 Å². The summed E-state index contributed by atoms with van der Waals surface area (Å²) in [4.78, 5) is 30.3. The number of rotatable bonds is 4. The highest BCUT2D eigenvalue weighted by Gasteiger charge is 2.17. The number of carbonyl (C=O) groups is 1. The maximum atomic E-state index is 13.2. The Kier molecular flexibility index (Phi) is 4.53. The second kappa shape index (κ2) is 6.93. The van der Waals surface area contributed by atoms with Gasteiger partial charge in [0.05, 0.1) is 23.3 Å². The molecule has 1 heterocycles. The molecule has 0 atom stereocenters. The quantitative estimate of drug-likeness (QED) is 0.684. The molecular weight excluding hydrogens is 323 g/mol. The van der Waals surface area contributed by atoms with Gasteiger partial charge in [-0.1, -0.05) is 18.2 Å². The average molecular weight is 336 g/mol. The molecule has 0 N–H and O–H groups in total. The molecule has 3 rings (SSSR count). The fourth-order valence-corrected chi connectivity index (χ4v) is 2.48. The van der Waals surface area contributed by atoms with Gasteiger partial charge in [0, 0.05) is 11.8 Å². The first-order chi connectivity index (χ1) is 12.1. The van der Waals surface area contributed by atoms with Crippen LogP contribution in [0.15, 0.2) is 59.7 Å². The van der Waals surface area contributed by atoms with E-state index in [1.807, 2.05) is 6.07 Å². The predicted octanol–water partition coefficient (Wildman–Crippen LogP) is 2.09. The fourth-order valence-electron chi connectivity index (χ4n) is 2.48. The molecule has 25 heavy (non-hydrogen) atoms. The summed E-state index contributed by atoms with van der Waals surface area (Å²) >= 11 is 0. The van der Waals surface area contributed by atoms with Crippen LogP contribution >= 0.6 is 0 Å². The van der Waals surface area contributed by atoms with E-state index in [0.717, 1.165) is 10.6 Å². The molecule has 0 spiro atoms. The van der Waals surface area contributed by atoms with Crippen LogP contribution in [-0.4, -0.2) is 22.0 Å². The first-order valence-electron chi connectivity index (χ1n) is 7.47. The highest BCUT2D eigenvalue weighted by atomic mass is 19.1. The normalized spacial score (nSPS) is 10.4. The van der Waals surface area contributed by atoms with Gasteiger partial charge in [0.2, 0.25) is 5.91 Å². The van der Waals surface area contributed by atoms with Crippen molar-refractivity contribution >= 4 is 22.5 Å². The topological polar surface area (TPSA) is 79.0 Å². The van der Waals surface area contributed by atoms with E-state index in [0.29, 0.717) is 5.69 Å². The number of fused-ring (bicyclic) bond motifs is 1. The van der Waals surface area contributed by atoms with Crippen molar-refractivity contribution in [2.75, 3.05) is 11.4 Å². The number of aromatic nitrogens is 2. The van der Waals surface area contributed by atoms with Gasteiger partial charge in [-0.15, -0.1) is 0 Å². The third-order valence-electron chi connectivity index (χ3n) is 3.69. The van der Waals surface area contributed by atoms with Gasteiger partial charge in [0.25, 0.3) is 5.56 Å². The Labute approximate surface area is 142 Å². The van der Waals surface area contributed by atoms with Crippen LogP contribution in [0.2, 0.25) is 0 Å². The molecule has 3 aromatic rings. The predicted molar refractivity (Wildman–Crippen MR) is 90.4 cm³/mol. The molecule has 0 saturated heterocycles. The van der Waals surface area contributed by atoms with Crippen molar-refractivity contribution in [2.24, 2.45) is 0 Å². The van der Waals surface area contributed by atoms with Gasteiger partial charge in [0.15, 0.2) is 0 Å². The van der Waals surface area contributed by atoms with Crippen molar-refractivity contribution in [1.82, 2.24) is 9.55 Å². The Morgan fingerprint density at radius 3 is 2.72 bits per heavy atom. The van der Waals surface area contributed by atoms with Gasteiger partial charge < -0.3 is 0 Å². The lowest BCUT2D eigenvalue weighted by molar-refractivity contribution is -0.119. The van der Waals surface area contributed by atoms with Gasteiger partial charge in [-0.25, -0.2) is 9.37 Å². The standard InChI is InChI=1S/C18H13FN4O2/c19-13-6-7-15-16(10-13)21-12-22(18(15)25)11-17(24)23(9-8-20)14-4-2-1-3-5-14/h1-7,10,12H,9,11H2. The molecule has 0 saturated carbocycles. The molecular formula is C18H13FN4O2. The lowest BCUT2D eigenvalue weighted by Gasteiger charge is -2.20. The average Bonchev–Trinajstić information content (AvgIpc) is 2.62. The van der Waals surface area contributed by atoms with E-state index >= 15 is 0 Å². The summed E-state index contributed by atoms with van der Waals surface area (Å²) in [6.45, 7) is -0.403. The van der Waals surface area contributed by atoms with Crippen molar-refractivity contribution in [3.8, 4) is 6.07 Å². The van der Waals surface area contributed by atoms with Crippen molar-refractivity contribution in [1.29, 1.82) is 5.26 Å². The zero-order valence-corrected chi connectivity index (χ0v) is 13.1. The first kappa shape index (κ1) is 16.3. The maximum absolute atomic E-state index is 13.2. The molecule has 0 aliphatic carbocycles. The summed E-state index contributed by atoms with van der Waals surface area (Å²) in [7, 11) is 0. The Morgan fingerprint density at radius 1 is 1.24 bits per heavy atom. The molecule has 0 aliphatic heterocycles. The number of benzene rings is 2. The smallest absolute Gasteiger partial charge is 0.261 e. The molecule has 0 bridgehead atoms. The number of hydrogen-bond acceptors (Lipinski definition) is 4. The number of nitrogens with zero attached hydrogens (tertiary/aromatic N) is 4. The summed E-state index contributed by atoms with van der Waals surface area (Å²) < 4.78 is 14.4. The highest BCUT2D eigenvalue weighted by molar-refractivity contribution is 5.93.